The van der Waals surface area contributed by atoms with Crippen LogP contribution in [0.4, 0.5) is 0 Å². The van der Waals surface area contributed by atoms with Gasteiger partial charge in [-0.2, -0.15) is 0 Å². The van der Waals surface area contributed by atoms with Gasteiger partial charge in [-0.25, -0.2) is 0 Å². The van der Waals surface area contributed by atoms with Gasteiger partial charge < -0.3 is 15.7 Å². The zero-order valence-corrected chi connectivity index (χ0v) is 12.1. The maximum Gasteiger partial charge on any atom is 0.258 e. The quantitative estimate of drug-likeness (QED) is 0.832. The molecule has 2 saturated heterocycles. The molecule has 1 amide bonds. The summed E-state index contributed by atoms with van der Waals surface area (Å²) < 4.78 is 0.769. The van der Waals surface area contributed by atoms with Crippen molar-refractivity contribution in [3.8, 4) is 5.75 Å². The normalized spacial score (nSPS) is 29.6. The van der Waals surface area contributed by atoms with Gasteiger partial charge in [0.2, 0.25) is 0 Å². The third-order valence-corrected chi connectivity index (χ3v) is 4.69. The number of amides is 1. The van der Waals surface area contributed by atoms with E-state index in [0.29, 0.717) is 5.56 Å². The smallest absolute Gasteiger partial charge is 0.258 e. The standard InChI is InChI=1S/C14H17BrN2O2/c15-8-1-4-12(13(18)5-8)14(19)17-10-2-3-11(17)7-9(16)6-10/h1,4-5,9-11,18H,2-3,6-7,16H2. The highest BCUT2D eigenvalue weighted by Gasteiger charge is 2.42. The highest BCUT2D eigenvalue weighted by atomic mass is 79.9. The number of rotatable bonds is 1. The second-order valence-electron chi connectivity index (χ2n) is 5.49. The minimum atomic E-state index is -0.0654. The van der Waals surface area contributed by atoms with E-state index in [-0.39, 0.29) is 29.8 Å². The molecule has 2 bridgehead atoms. The molecule has 0 aromatic heterocycles. The Balaban J connectivity index is 1.88. The lowest BCUT2D eigenvalue weighted by Crippen LogP contribution is -2.50. The van der Waals surface area contributed by atoms with E-state index in [1.165, 1.54) is 0 Å². The topological polar surface area (TPSA) is 66.6 Å². The molecule has 4 nitrogen and oxygen atoms in total. The Labute approximate surface area is 120 Å². The zero-order chi connectivity index (χ0) is 13.6. The number of hydrogen-bond donors (Lipinski definition) is 2. The van der Waals surface area contributed by atoms with E-state index in [1.807, 2.05) is 4.90 Å². The first-order valence-electron chi connectivity index (χ1n) is 6.63. The zero-order valence-electron chi connectivity index (χ0n) is 10.6. The van der Waals surface area contributed by atoms with Crippen LogP contribution in [-0.4, -0.2) is 34.0 Å². The number of piperidine rings is 1. The highest BCUT2D eigenvalue weighted by Crippen LogP contribution is 2.37. The molecule has 2 heterocycles. The van der Waals surface area contributed by atoms with Gasteiger partial charge in [-0.15, -0.1) is 0 Å². The molecule has 3 N–H and O–H groups in total. The predicted molar refractivity (Wildman–Crippen MR) is 76.0 cm³/mol. The summed E-state index contributed by atoms with van der Waals surface area (Å²) in [6, 6.07) is 5.71. The number of carbonyl (C=O) groups excluding carboxylic acids is 1. The molecule has 5 heteroatoms. The van der Waals surface area contributed by atoms with Gasteiger partial charge >= 0.3 is 0 Å². The fourth-order valence-corrected chi connectivity index (χ4v) is 3.72. The third kappa shape index (κ3) is 2.25. The Morgan fingerprint density at radius 1 is 1.32 bits per heavy atom. The summed E-state index contributed by atoms with van der Waals surface area (Å²) >= 11 is 3.28. The lowest BCUT2D eigenvalue weighted by molar-refractivity contribution is 0.0572. The second-order valence-corrected chi connectivity index (χ2v) is 6.41. The van der Waals surface area contributed by atoms with Crippen LogP contribution < -0.4 is 5.73 Å². The van der Waals surface area contributed by atoms with E-state index < -0.39 is 0 Å². The van der Waals surface area contributed by atoms with Gasteiger partial charge in [0.05, 0.1) is 5.56 Å². The summed E-state index contributed by atoms with van der Waals surface area (Å²) in [6.45, 7) is 0. The molecule has 0 aliphatic carbocycles. The molecule has 19 heavy (non-hydrogen) atoms. The number of halogens is 1. The average molecular weight is 325 g/mol. The fourth-order valence-electron chi connectivity index (χ4n) is 3.38. The van der Waals surface area contributed by atoms with Gasteiger partial charge in [-0.3, -0.25) is 4.79 Å². The summed E-state index contributed by atoms with van der Waals surface area (Å²) in [5.74, 6) is -0.0296. The Hall–Kier alpha value is -1.07. The van der Waals surface area contributed by atoms with Gasteiger partial charge in [0.15, 0.2) is 0 Å². The van der Waals surface area contributed by atoms with Gasteiger partial charge in [0, 0.05) is 22.6 Å². The molecule has 2 aliphatic heterocycles. The molecule has 0 saturated carbocycles. The van der Waals surface area contributed by atoms with Crippen molar-refractivity contribution in [2.75, 3.05) is 0 Å². The summed E-state index contributed by atoms with van der Waals surface area (Å²) in [6.07, 6.45) is 3.81. The Morgan fingerprint density at radius 2 is 1.95 bits per heavy atom. The van der Waals surface area contributed by atoms with Crippen molar-refractivity contribution >= 4 is 21.8 Å². The number of carbonyl (C=O) groups is 1. The lowest BCUT2D eigenvalue weighted by atomic mass is 9.97. The van der Waals surface area contributed by atoms with Crippen molar-refractivity contribution < 1.29 is 9.90 Å². The van der Waals surface area contributed by atoms with E-state index in [1.54, 1.807) is 18.2 Å². The Kier molecular flexibility index (Phi) is 3.27. The van der Waals surface area contributed by atoms with Gasteiger partial charge in [-0.05, 0) is 43.9 Å². The molecule has 2 aliphatic rings. The van der Waals surface area contributed by atoms with Crippen LogP contribution in [-0.2, 0) is 0 Å². The Bertz CT molecular complexity index is 506. The van der Waals surface area contributed by atoms with Crippen LogP contribution in [0.2, 0.25) is 0 Å². The molecule has 2 atom stereocenters. The number of fused-ring (bicyclic) bond motifs is 2. The predicted octanol–water partition coefficient (Wildman–Crippen LogP) is 2.25. The average Bonchev–Trinajstić information content (AvgIpc) is 2.61. The van der Waals surface area contributed by atoms with Crippen molar-refractivity contribution in [2.24, 2.45) is 5.73 Å². The van der Waals surface area contributed by atoms with Crippen LogP contribution in [0.1, 0.15) is 36.0 Å². The molecule has 1 aromatic carbocycles. The Morgan fingerprint density at radius 3 is 2.53 bits per heavy atom. The molecule has 2 fully saturated rings. The van der Waals surface area contributed by atoms with Crippen LogP contribution in [0.15, 0.2) is 22.7 Å². The van der Waals surface area contributed by atoms with E-state index in [9.17, 15) is 9.90 Å². The molecule has 3 rings (SSSR count). The number of phenols is 1. The summed E-state index contributed by atoms with van der Waals surface area (Å²) in [5.41, 5.74) is 6.40. The molecule has 1 aromatic rings. The second kappa shape index (κ2) is 4.80. The largest absolute Gasteiger partial charge is 0.507 e. The van der Waals surface area contributed by atoms with E-state index >= 15 is 0 Å². The van der Waals surface area contributed by atoms with Crippen LogP contribution in [0.5, 0.6) is 5.75 Å². The summed E-state index contributed by atoms with van der Waals surface area (Å²) in [7, 11) is 0. The van der Waals surface area contributed by atoms with Crippen LogP contribution in [0.25, 0.3) is 0 Å². The third-order valence-electron chi connectivity index (χ3n) is 4.19. The van der Waals surface area contributed by atoms with E-state index in [0.717, 1.165) is 30.2 Å². The number of hydrogen-bond acceptors (Lipinski definition) is 3. The van der Waals surface area contributed by atoms with Crippen LogP contribution >= 0.6 is 15.9 Å². The number of phenolic OH excluding ortho intramolecular Hbond substituents is 1. The molecule has 102 valence electrons. The van der Waals surface area contributed by atoms with E-state index in [4.69, 9.17) is 5.73 Å². The summed E-state index contributed by atoms with van der Waals surface area (Å²) in [4.78, 5) is 14.5. The van der Waals surface area contributed by atoms with Crippen molar-refractivity contribution in [1.29, 1.82) is 0 Å². The van der Waals surface area contributed by atoms with Gasteiger partial charge in [0.1, 0.15) is 5.75 Å². The number of nitrogens with two attached hydrogens (primary N) is 1. The summed E-state index contributed by atoms with van der Waals surface area (Å²) in [5, 5.41) is 9.94. The highest BCUT2D eigenvalue weighted by molar-refractivity contribution is 9.10. The van der Waals surface area contributed by atoms with Crippen molar-refractivity contribution in [2.45, 2.75) is 43.8 Å². The molecular weight excluding hydrogens is 308 g/mol. The minimum absolute atomic E-state index is 0.0358. The van der Waals surface area contributed by atoms with Crippen molar-refractivity contribution in [3.05, 3.63) is 28.2 Å². The first-order chi connectivity index (χ1) is 9.06. The van der Waals surface area contributed by atoms with Crippen molar-refractivity contribution in [3.63, 3.8) is 0 Å². The molecular formula is C14H17BrN2O2. The van der Waals surface area contributed by atoms with Crippen molar-refractivity contribution in [1.82, 2.24) is 4.90 Å². The molecule has 0 radical (unpaired) electrons. The van der Waals surface area contributed by atoms with Crippen LogP contribution in [0.3, 0.4) is 0 Å². The number of nitrogens with zero attached hydrogens (tertiary/aromatic N) is 1. The first kappa shape index (κ1) is 12.9. The SMILES string of the molecule is NC1CC2CCC(C1)N2C(=O)c1ccc(Br)cc1O. The maximum absolute atomic E-state index is 12.6. The fraction of sp³-hybridized carbons (Fsp3) is 0.500. The molecule has 2 unspecified atom stereocenters. The minimum Gasteiger partial charge on any atom is -0.507 e. The van der Waals surface area contributed by atoms with Gasteiger partial charge in [0.25, 0.3) is 5.91 Å². The molecule has 0 spiro atoms. The number of benzene rings is 1. The monoisotopic (exact) mass is 324 g/mol. The van der Waals surface area contributed by atoms with Crippen LogP contribution in [0, 0.1) is 0 Å². The number of aromatic hydroxyl groups is 1. The maximum atomic E-state index is 12.6. The lowest BCUT2D eigenvalue weighted by Gasteiger charge is -2.37. The van der Waals surface area contributed by atoms with Gasteiger partial charge in [-0.1, -0.05) is 15.9 Å². The van der Waals surface area contributed by atoms with E-state index in [2.05, 4.69) is 15.9 Å². The first-order valence-corrected chi connectivity index (χ1v) is 7.42.